The molecule has 0 unspecified atom stereocenters. The maximum atomic E-state index is 5.52. The quantitative estimate of drug-likeness (QED) is 0.279. The number of fused-ring (bicyclic) bond motifs is 6. The molecule has 102 valence electrons. The summed E-state index contributed by atoms with van der Waals surface area (Å²) in [6.45, 7) is 0. The lowest BCUT2D eigenvalue weighted by molar-refractivity contribution is 2.06. The fourth-order valence-corrected chi connectivity index (χ4v) is 7.43. The average molecular weight is 351 g/mol. The van der Waals surface area contributed by atoms with Gasteiger partial charge in [0.1, 0.15) is 0 Å². The van der Waals surface area contributed by atoms with Gasteiger partial charge in [-0.05, 0) is 24.3 Å². The molecule has 0 atom stereocenters. The molecule has 0 N–H and O–H groups in total. The van der Waals surface area contributed by atoms with Gasteiger partial charge in [-0.1, -0.05) is 11.8 Å². The van der Waals surface area contributed by atoms with Crippen molar-refractivity contribution in [2.24, 2.45) is 0 Å². The molecule has 4 aromatic heterocycles. The van der Waals surface area contributed by atoms with Gasteiger partial charge in [0.15, 0.2) is 0 Å². The van der Waals surface area contributed by atoms with Gasteiger partial charge in [0, 0.05) is 29.6 Å². The van der Waals surface area contributed by atoms with Crippen LogP contribution in [0.5, 0.6) is 0 Å². The largest absolute Gasteiger partial charge is 0.134 e. The number of hydrogen-bond donors (Lipinski definition) is 0. The number of benzene rings is 1. The van der Waals surface area contributed by atoms with E-state index in [1.165, 1.54) is 39.0 Å². The SMILES string of the molecule is C#Cc1cc2sc3cc4c(cc3c2s1)sc1cc(C#C)sc14. The molecule has 5 rings (SSSR count). The van der Waals surface area contributed by atoms with Gasteiger partial charge in [0.25, 0.3) is 0 Å². The van der Waals surface area contributed by atoms with E-state index < -0.39 is 0 Å². The predicted molar refractivity (Wildman–Crippen MR) is 104 cm³/mol. The molecule has 0 aliphatic rings. The Labute approximate surface area is 142 Å². The first-order chi connectivity index (χ1) is 10.8. The Bertz CT molecular complexity index is 1190. The molecule has 0 aliphatic heterocycles. The number of hydrogen-bond acceptors (Lipinski definition) is 4. The molecule has 5 aromatic rings. The second-order valence-electron chi connectivity index (χ2n) is 4.95. The average Bonchev–Trinajstić information content (AvgIpc) is 3.22. The molecule has 22 heavy (non-hydrogen) atoms. The van der Waals surface area contributed by atoms with Crippen molar-refractivity contribution in [3.05, 3.63) is 34.0 Å². The first kappa shape index (κ1) is 12.7. The molecule has 0 radical (unpaired) electrons. The van der Waals surface area contributed by atoms with Crippen molar-refractivity contribution in [3.63, 3.8) is 0 Å². The fraction of sp³-hybridized carbons (Fsp3) is 0. The standard InChI is InChI=1S/C18H6S4/c1-3-9-5-15-17(19-9)11-7-14-12(8-13(11)21-15)18-16(22-14)6-10(4-2)20-18/h1-2,5-8H. The summed E-state index contributed by atoms with van der Waals surface area (Å²) < 4.78 is 7.86. The molecule has 0 nitrogen and oxygen atoms in total. The van der Waals surface area contributed by atoms with E-state index in [2.05, 4.69) is 36.1 Å². The van der Waals surface area contributed by atoms with Crippen LogP contribution in [0.2, 0.25) is 0 Å². The van der Waals surface area contributed by atoms with Crippen LogP contribution in [0.4, 0.5) is 0 Å². The molecule has 4 heteroatoms. The van der Waals surface area contributed by atoms with E-state index in [4.69, 9.17) is 12.8 Å². The van der Waals surface area contributed by atoms with Crippen LogP contribution in [0.15, 0.2) is 24.3 Å². The van der Waals surface area contributed by atoms with Crippen LogP contribution in [0.1, 0.15) is 9.75 Å². The maximum absolute atomic E-state index is 5.52. The number of terminal acetylenes is 2. The third-order valence-electron chi connectivity index (χ3n) is 3.69. The second kappa shape index (κ2) is 4.35. The monoisotopic (exact) mass is 350 g/mol. The fourth-order valence-electron chi connectivity index (χ4n) is 2.74. The van der Waals surface area contributed by atoms with Crippen LogP contribution in [0.25, 0.3) is 39.0 Å². The highest BCUT2D eigenvalue weighted by Crippen LogP contribution is 2.45. The van der Waals surface area contributed by atoms with Gasteiger partial charge in [-0.3, -0.25) is 0 Å². The van der Waals surface area contributed by atoms with Crippen molar-refractivity contribution >= 4 is 84.3 Å². The summed E-state index contributed by atoms with van der Waals surface area (Å²) in [4.78, 5) is 2.02. The lowest BCUT2D eigenvalue weighted by Gasteiger charge is -1.92. The second-order valence-corrected chi connectivity index (χ2v) is 9.22. The zero-order chi connectivity index (χ0) is 14.8. The van der Waals surface area contributed by atoms with E-state index in [9.17, 15) is 0 Å². The zero-order valence-corrected chi connectivity index (χ0v) is 14.4. The third kappa shape index (κ3) is 1.59. The van der Waals surface area contributed by atoms with Gasteiger partial charge >= 0.3 is 0 Å². The zero-order valence-electron chi connectivity index (χ0n) is 11.1. The first-order valence-corrected chi connectivity index (χ1v) is 9.79. The van der Waals surface area contributed by atoms with Crippen LogP contribution < -0.4 is 0 Å². The van der Waals surface area contributed by atoms with Gasteiger partial charge in [-0.2, -0.15) is 0 Å². The van der Waals surface area contributed by atoms with E-state index in [-0.39, 0.29) is 0 Å². The Kier molecular flexibility index (Phi) is 2.51. The van der Waals surface area contributed by atoms with Crippen LogP contribution in [-0.4, -0.2) is 0 Å². The Morgan fingerprint density at radius 2 is 1.05 bits per heavy atom. The predicted octanol–water partition coefficient (Wildman–Crippen LogP) is 6.51. The van der Waals surface area contributed by atoms with E-state index in [1.54, 1.807) is 22.7 Å². The summed E-state index contributed by atoms with van der Waals surface area (Å²) in [6.07, 6.45) is 11.0. The Balaban J connectivity index is 1.92. The van der Waals surface area contributed by atoms with E-state index in [0.29, 0.717) is 0 Å². The molecule has 0 saturated heterocycles. The molecule has 0 bridgehead atoms. The van der Waals surface area contributed by atoms with Crippen LogP contribution >= 0.6 is 45.3 Å². The molecular formula is C18H6S4. The highest BCUT2D eigenvalue weighted by atomic mass is 32.1. The Hall–Kier alpha value is -1.82. The van der Waals surface area contributed by atoms with Crippen LogP contribution in [0.3, 0.4) is 0 Å². The summed E-state index contributed by atoms with van der Waals surface area (Å²) in [5.74, 6) is 5.49. The molecular weight excluding hydrogens is 344 g/mol. The molecule has 0 fully saturated rings. The van der Waals surface area contributed by atoms with Gasteiger partial charge in [-0.15, -0.1) is 58.2 Å². The van der Waals surface area contributed by atoms with E-state index in [1.807, 2.05) is 22.7 Å². The minimum Gasteiger partial charge on any atom is -0.134 e. The molecule has 0 aliphatic carbocycles. The summed E-state index contributed by atoms with van der Waals surface area (Å²) >= 11 is 7.07. The van der Waals surface area contributed by atoms with Crippen LogP contribution in [-0.2, 0) is 0 Å². The number of thiophene rings is 4. The lowest BCUT2D eigenvalue weighted by atomic mass is 10.2. The summed E-state index contributed by atoms with van der Waals surface area (Å²) in [5.41, 5.74) is 0. The molecule has 4 heterocycles. The molecule has 0 saturated carbocycles. The maximum Gasteiger partial charge on any atom is 0.0786 e. The normalized spacial score (nSPS) is 11.5. The molecule has 0 spiro atoms. The van der Waals surface area contributed by atoms with Crippen molar-refractivity contribution in [1.29, 1.82) is 0 Å². The summed E-state index contributed by atoms with van der Waals surface area (Å²) in [7, 11) is 0. The summed E-state index contributed by atoms with van der Waals surface area (Å²) in [5, 5.41) is 2.65. The Morgan fingerprint density at radius 3 is 1.45 bits per heavy atom. The minimum atomic E-state index is 1.01. The lowest BCUT2D eigenvalue weighted by Crippen LogP contribution is -1.64. The highest BCUT2D eigenvalue weighted by Gasteiger charge is 2.14. The van der Waals surface area contributed by atoms with Crippen molar-refractivity contribution in [3.8, 4) is 24.7 Å². The van der Waals surface area contributed by atoms with Crippen molar-refractivity contribution < 1.29 is 0 Å². The van der Waals surface area contributed by atoms with Crippen molar-refractivity contribution in [1.82, 2.24) is 0 Å². The van der Waals surface area contributed by atoms with Crippen molar-refractivity contribution in [2.75, 3.05) is 0 Å². The smallest absolute Gasteiger partial charge is 0.0786 e. The molecule has 1 aromatic carbocycles. The Morgan fingerprint density at radius 1 is 0.591 bits per heavy atom. The van der Waals surface area contributed by atoms with Gasteiger partial charge in [0.2, 0.25) is 0 Å². The topological polar surface area (TPSA) is 0 Å². The molecule has 0 amide bonds. The van der Waals surface area contributed by atoms with Gasteiger partial charge < -0.3 is 0 Å². The van der Waals surface area contributed by atoms with E-state index >= 15 is 0 Å². The number of rotatable bonds is 0. The highest BCUT2D eigenvalue weighted by molar-refractivity contribution is 7.34. The summed E-state index contributed by atoms with van der Waals surface area (Å²) in [6, 6.07) is 8.87. The van der Waals surface area contributed by atoms with Crippen molar-refractivity contribution in [2.45, 2.75) is 0 Å². The minimum absolute atomic E-state index is 1.01. The van der Waals surface area contributed by atoms with Gasteiger partial charge in [0.05, 0.1) is 19.2 Å². The van der Waals surface area contributed by atoms with Crippen LogP contribution in [0, 0.1) is 24.7 Å². The van der Waals surface area contributed by atoms with Gasteiger partial charge in [-0.25, -0.2) is 0 Å². The third-order valence-corrected chi connectivity index (χ3v) is 8.35. The first-order valence-electron chi connectivity index (χ1n) is 6.52. The van der Waals surface area contributed by atoms with E-state index in [0.717, 1.165) is 9.75 Å².